The molecule has 1 aliphatic rings. The zero-order chi connectivity index (χ0) is 27.3. The summed E-state index contributed by atoms with van der Waals surface area (Å²) in [5.74, 6) is 0.755. The SMILES string of the molecule is CN(C(=O)OC(C)(C)C)c1ccc2sc3c(-c4cccn5c(=O)cc(N6CCCCC6)nc45)cccc3c2c1. The van der Waals surface area contributed by atoms with Crippen LogP contribution in [0.25, 0.3) is 36.9 Å². The van der Waals surface area contributed by atoms with Gasteiger partial charge in [0.05, 0.1) is 0 Å². The van der Waals surface area contributed by atoms with Gasteiger partial charge in [-0.25, -0.2) is 9.78 Å². The maximum atomic E-state index is 13.1. The van der Waals surface area contributed by atoms with Crippen molar-refractivity contribution >= 4 is 54.8 Å². The summed E-state index contributed by atoms with van der Waals surface area (Å²) < 4.78 is 9.45. The monoisotopic (exact) mass is 540 g/mol. The van der Waals surface area contributed by atoms with E-state index < -0.39 is 5.60 Å². The molecule has 7 nitrogen and oxygen atoms in total. The summed E-state index contributed by atoms with van der Waals surface area (Å²) in [6.45, 7) is 7.44. The number of carbonyl (C=O) groups is 1. The van der Waals surface area contributed by atoms with Crippen molar-refractivity contribution in [3.05, 3.63) is 71.1 Å². The van der Waals surface area contributed by atoms with Crippen molar-refractivity contribution in [3.63, 3.8) is 0 Å². The van der Waals surface area contributed by atoms with Gasteiger partial charge in [-0.05, 0) is 70.4 Å². The molecule has 8 heteroatoms. The van der Waals surface area contributed by atoms with E-state index in [0.29, 0.717) is 5.65 Å². The molecule has 0 N–H and O–H groups in total. The number of aromatic nitrogens is 2. The molecule has 4 heterocycles. The van der Waals surface area contributed by atoms with E-state index in [1.54, 1.807) is 39.9 Å². The summed E-state index contributed by atoms with van der Waals surface area (Å²) in [5, 5.41) is 2.17. The third kappa shape index (κ3) is 4.74. The molecule has 0 unspecified atom stereocenters. The van der Waals surface area contributed by atoms with Crippen LogP contribution >= 0.6 is 11.3 Å². The minimum absolute atomic E-state index is 0.0687. The molecule has 1 fully saturated rings. The third-order valence-corrected chi connectivity index (χ3v) is 8.40. The quantitative estimate of drug-likeness (QED) is 0.244. The summed E-state index contributed by atoms with van der Waals surface area (Å²) in [4.78, 5) is 34.6. The van der Waals surface area contributed by atoms with Gasteiger partial charge in [-0.1, -0.05) is 18.2 Å². The number of anilines is 2. The van der Waals surface area contributed by atoms with E-state index in [0.717, 1.165) is 68.7 Å². The number of hydrogen-bond donors (Lipinski definition) is 0. The second-order valence-corrected chi connectivity index (χ2v) is 12.2. The Morgan fingerprint density at radius 3 is 2.51 bits per heavy atom. The van der Waals surface area contributed by atoms with Gasteiger partial charge in [0.25, 0.3) is 5.56 Å². The molecule has 0 spiro atoms. The number of piperidine rings is 1. The fourth-order valence-corrected chi connectivity index (χ4v) is 6.46. The first-order valence-electron chi connectivity index (χ1n) is 13.4. The van der Waals surface area contributed by atoms with Gasteiger partial charge in [-0.15, -0.1) is 11.3 Å². The summed E-state index contributed by atoms with van der Waals surface area (Å²) in [6, 6.07) is 17.9. The zero-order valence-corrected chi connectivity index (χ0v) is 23.5. The van der Waals surface area contributed by atoms with E-state index in [1.165, 1.54) is 6.42 Å². The molecule has 0 radical (unpaired) electrons. The minimum Gasteiger partial charge on any atom is -0.443 e. The van der Waals surface area contributed by atoms with Crippen LogP contribution in [0.5, 0.6) is 0 Å². The molecule has 1 aliphatic heterocycles. The standard InChI is InChI=1S/C31H32N4O3S/c1-31(2,3)38-30(37)33(4)20-13-14-25-24(18-20)22-11-8-10-21(28(22)39-25)23-12-9-17-35-27(36)19-26(32-29(23)35)34-15-6-5-7-16-34/h8-14,17-19H,5-7,15-16H2,1-4H3. The number of fused-ring (bicyclic) bond motifs is 4. The Labute approximate surface area is 231 Å². The van der Waals surface area contributed by atoms with Gasteiger partial charge in [0.1, 0.15) is 17.1 Å². The lowest BCUT2D eigenvalue weighted by atomic mass is 10.0. The lowest BCUT2D eigenvalue weighted by molar-refractivity contribution is 0.0589. The van der Waals surface area contributed by atoms with Crippen LogP contribution in [0.2, 0.25) is 0 Å². The van der Waals surface area contributed by atoms with Crippen molar-refractivity contribution in [3.8, 4) is 11.1 Å². The summed E-state index contributed by atoms with van der Waals surface area (Å²) in [6.07, 6.45) is 4.86. The van der Waals surface area contributed by atoms with E-state index in [-0.39, 0.29) is 11.7 Å². The Balaban J connectivity index is 1.48. The number of rotatable bonds is 3. The molecular formula is C31H32N4O3S. The van der Waals surface area contributed by atoms with Crippen molar-refractivity contribution in [2.75, 3.05) is 29.9 Å². The Kier molecular flexibility index (Phi) is 6.30. The Morgan fingerprint density at radius 2 is 1.74 bits per heavy atom. The number of hydrogen-bond acceptors (Lipinski definition) is 6. The van der Waals surface area contributed by atoms with E-state index in [2.05, 4.69) is 23.1 Å². The van der Waals surface area contributed by atoms with Crippen molar-refractivity contribution in [2.45, 2.75) is 45.6 Å². The number of carbonyl (C=O) groups excluding carboxylic acids is 1. The van der Waals surface area contributed by atoms with Crippen molar-refractivity contribution in [1.29, 1.82) is 0 Å². The summed E-state index contributed by atoms with van der Waals surface area (Å²) in [7, 11) is 1.73. The first-order valence-corrected chi connectivity index (χ1v) is 14.2. The van der Waals surface area contributed by atoms with E-state index in [4.69, 9.17) is 9.72 Å². The topological polar surface area (TPSA) is 67.2 Å². The van der Waals surface area contributed by atoms with Crippen LogP contribution in [0.4, 0.5) is 16.3 Å². The average Bonchev–Trinajstić information content (AvgIpc) is 3.30. The molecule has 6 rings (SSSR count). The van der Waals surface area contributed by atoms with Crippen molar-refractivity contribution in [1.82, 2.24) is 9.38 Å². The summed E-state index contributed by atoms with van der Waals surface area (Å²) in [5.41, 5.74) is 2.77. The first kappa shape index (κ1) is 25.4. The molecule has 0 bridgehead atoms. The molecule has 0 saturated carbocycles. The number of amides is 1. The van der Waals surface area contributed by atoms with Gasteiger partial charge in [0, 0.05) is 69.4 Å². The molecular weight excluding hydrogens is 508 g/mol. The lowest BCUT2D eigenvalue weighted by Gasteiger charge is -2.27. The molecule has 1 amide bonds. The van der Waals surface area contributed by atoms with Gasteiger partial charge in [0.15, 0.2) is 0 Å². The number of ether oxygens (including phenoxy) is 1. The normalized spacial score (nSPS) is 14.3. The van der Waals surface area contributed by atoms with Crippen LogP contribution in [0.3, 0.4) is 0 Å². The number of thiophene rings is 1. The maximum Gasteiger partial charge on any atom is 0.414 e. The van der Waals surface area contributed by atoms with Gasteiger partial charge in [-0.2, -0.15) is 0 Å². The lowest BCUT2D eigenvalue weighted by Crippen LogP contribution is -2.34. The third-order valence-electron chi connectivity index (χ3n) is 7.18. The van der Waals surface area contributed by atoms with Gasteiger partial charge >= 0.3 is 6.09 Å². The van der Waals surface area contributed by atoms with Crippen molar-refractivity contribution in [2.24, 2.45) is 0 Å². The molecule has 3 aromatic heterocycles. The molecule has 0 aliphatic carbocycles. The van der Waals surface area contributed by atoms with Gasteiger partial charge in [-0.3, -0.25) is 14.1 Å². The summed E-state index contributed by atoms with van der Waals surface area (Å²) >= 11 is 1.71. The van der Waals surface area contributed by atoms with Gasteiger partial charge in [0.2, 0.25) is 0 Å². The van der Waals surface area contributed by atoms with E-state index in [1.807, 2.05) is 51.1 Å². The van der Waals surface area contributed by atoms with Crippen LogP contribution < -0.4 is 15.4 Å². The number of benzene rings is 2. The second-order valence-electron chi connectivity index (χ2n) is 11.1. The highest BCUT2D eigenvalue weighted by Crippen LogP contribution is 2.42. The highest BCUT2D eigenvalue weighted by atomic mass is 32.1. The predicted molar refractivity (Wildman–Crippen MR) is 160 cm³/mol. The molecule has 0 atom stereocenters. The largest absolute Gasteiger partial charge is 0.443 e. The van der Waals surface area contributed by atoms with E-state index >= 15 is 0 Å². The number of nitrogens with zero attached hydrogens (tertiary/aromatic N) is 4. The minimum atomic E-state index is -0.568. The zero-order valence-electron chi connectivity index (χ0n) is 22.7. The predicted octanol–water partition coefficient (Wildman–Crippen LogP) is 7.09. The molecule has 5 aromatic rings. The number of pyridine rings is 1. The van der Waals surface area contributed by atoms with Crippen LogP contribution in [-0.2, 0) is 4.74 Å². The average molecular weight is 541 g/mol. The van der Waals surface area contributed by atoms with Crippen LogP contribution in [0, 0.1) is 0 Å². The van der Waals surface area contributed by atoms with E-state index in [9.17, 15) is 9.59 Å². The van der Waals surface area contributed by atoms with Gasteiger partial charge < -0.3 is 9.64 Å². The molecule has 1 saturated heterocycles. The van der Waals surface area contributed by atoms with Crippen LogP contribution in [-0.4, -0.2) is 41.2 Å². The Bertz CT molecular complexity index is 1780. The second kappa shape index (κ2) is 9.68. The molecule has 39 heavy (non-hydrogen) atoms. The van der Waals surface area contributed by atoms with Crippen LogP contribution in [0.1, 0.15) is 40.0 Å². The highest BCUT2D eigenvalue weighted by molar-refractivity contribution is 7.26. The Hall–Kier alpha value is -3.91. The maximum absolute atomic E-state index is 13.1. The fraction of sp³-hybridized carbons (Fsp3) is 0.323. The fourth-order valence-electron chi connectivity index (χ4n) is 5.25. The smallest absolute Gasteiger partial charge is 0.414 e. The molecule has 2 aromatic carbocycles. The van der Waals surface area contributed by atoms with Crippen LogP contribution in [0.15, 0.2) is 65.6 Å². The Morgan fingerprint density at radius 1 is 0.974 bits per heavy atom. The highest BCUT2D eigenvalue weighted by Gasteiger charge is 2.22. The molecule has 200 valence electrons. The first-order chi connectivity index (χ1) is 18.7. The van der Waals surface area contributed by atoms with Crippen molar-refractivity contribution < 1.29 is 9.53 Å².